The van der Waals surface area contributed by atoms with Gasteiger partial charge in [0.15, 0.2) is 11.5 Å². The molecule has 1 N–H and O–H groups in total. The molecule has 1 aromatic heterocycles. The van der Waals surface area contributed by atoms with E-state index in [1.807, 2.05) is 6.92 Å². The fraction of sp³-hybridized carbons (Fsp3) is 0.227. The van der Waals surface area contributed by atoms with E-state index in [0.717, 1.165) is 4.57 Å². The Bertz CT molecular complexity index is 1210. The highest BCUT2D eigenvalue weighted by atomic mass is 16.6. The summed E-state index contributed by atoms with van der Waals surface area (Å²) in [6.45, 7) is 3.02. The molecule has 9 nitrogen and oxygen atoms in total. The lowest BCUT2D eigenvalue weighted by Crippen LogP contribution is -2.41. The van der Waals surface area contributed by atoms with Crippen LogP contribution < -0.4 is 30.6 Å². The van der Waals surface area contributed by atoms with Crippen molar-refractivity contribution in [3.63, 3.8) is 0 Å². The molecular formula is C22H21N3O6. The summed E-state index contributed by atoms with van der Waals surface area (Å²) in [6, 6.07) is 11.8. The number of nitrogens with zero attached hydrogens (tertiary/aromatic N) is 2. The number of nitrogens with one attached hydrogen (secondary N) is 1. The van der Waals surface area contributed by atoms with Crippen LogP contribution in [-0.2, 0) is 11.3 Å². The lowest BCUT2D eigenvalue weighted by Gasteiger charge is -2.19. The zero-order chi connectivity index (χ0) is 21.8. The second kappa shape index (κ2) is 8.78. The van der Waals surface area contributed by atoms with Crippen molar-refractivity contribution in [1.82, 2.24) is 9.13 Å². The van der Waals surface area contributed by atoms with Crippen molar-refractivity contribution in [3.8, 4) is 22.9 Å². The average molecular weight is 423 g/mol. The topological polar surface area (TPSA) is 101 Å². The van der Waals surface area contributed by atoms with Crippen LogP contribution in [0.3, 0.4) is 0 Å². The van der Waals surface area contributed by atoms with Gasteiger partial charge >= 0.3 is 11.1 Å². The summed E-state index contributed by atoms with van der Waals surface area (Å²) in [6.07, 6.45) is 2.86. The molecule has 2 heterocycles. The van der Waals surface area contributed by atoms with Gasteiger partial charge in [-0.1, -0.05) is 0 Å². The number of amides is 1. The first-order valence-corrected chi connectivity index (χ1v) is 9.80. The molecule has 0 fully saturated rings. The predicted molar refractivity (Wildman–Crippen MR) is 114 cm³/mol. The average Bonchev–Trinajstić information content (AvgIpc) is 2.78. The van der Waals surface area contributed by atoms with Gasteiger partial charge in [0.05, 0.1) is 6.61 Å². The molecule has 0 unspecified atom stereocenters. The lowest BCUT2D eigenvalue weighted by atomic mass is 10.2. The Hall–Kier alpha value is -4.01. The van der Waals surface area contributed by atoms with Crippen molar-refractivity contribution in [3.05, 3.63) is 75.6 Å². The first-order chi connectivity index (χ1) is 15.0. The molecule has 0 saturated carbocycles. The Morgan fingerprint density at radius 2 is 1.74 bits per heavy atom. The summed E-state index contributed by atoms with van der Waals surface area (Å²) in [7, 11) is 0. The zero-order valence-electron chi connectivity index (χ0n) is 16.9. The number of fused-ring (bicyclic) bond motifs is 1. The Morgan fingerprint density at radius 3 is 2.48 bits per heavy atom. The number of rotatable bonds is 6. The van der Waals surface area contributed by atoms with Gasteiger partial charge in [-0.15, -0.1) is 0 Å². The van der Waals surface area contributed by atoms with Crippen LogP contribution in [0.4, 0.5) is 5.69 Å². The van der Waals surface area contributed by atoms with Gasteiger partial charge in [0.25, 0.3) is 0 Å². The molecule has 2 aromatic carbocycles. The molecule has 31 heavy (non-hydrogen) atoms. The van der Waals surface area contributed by atoms with E-state index < -0.39 is 17.0 Å². The molecular weight excluding hydrogens is 402 g/mol. The quantitative estimate of drug-likeness (QED) is 0.607. The van der Waals surface area contributed by atoms with E-state index in [1.54, 1.807) is 42.5 Å². The van der Waals surface area contributed by atoms with E-state index in [9.17, 15) is 14.4 Å². The van der Waals surface area contributed by atoms with Gasteiger partial charge in [0.1, 0.15) is 25.5 Å². The molecule has 0 bridgehead atoms. The molecule has 1 aliphatic heterocycles. The standard InChI is InChI=1S/C22H21N3O6/c1-2-29-17-6-4-16(5-7-17)25-10-9-24(21(27)22(25)28)14-20(26)23-15-3-8-18-19(13-15)31-12-11-30-18/h3-10,13H,2,11-12,14H2,1H3,(H,23,26). The molecule has 9 heteroatoms. The van der Waals surface area contributed by atoms with E-state index in [-0.39, 0.29) is 6.54 Å². The van der Waals surface area contributed by atoms with Crippen molar-refractivity contribution in [2.24, 2.45) is 0 Å². The van der Waals surface area contributed by atoms with Crippen LogP contribution >= 0.6 is 0 Å². The van der Waals surface area contributed by atoms with E-state index >= 15 is 0 Å². The minimum Gasteiger partial charge on any atom is -0.494 e. The molecule has 160 valence electrons. The van der Waals surface area contributed by atoms with Crippen LogP contribution in [0.25, 0.3) is 5.69 Å². The van der Waals surface area contributed by atoms with E-state index in [1.165, 1.54) is 17.0 Å². The maximum Gasteiger partial charge on any atom is 0.320 e. The highest BCUT2D eigenvalue weighted by Gasteiger charge is 2.14. The number of anilines is 1. The van der Waals surface area contributed by atoms with E-state index in [4.69, 9.17) is 14.2 Å². The van der Waals surface area contributed by atoms with E-state index in [0.29, 0.717) is 48.4 Å². The van der Waals surface area contributed by atoms with Gasteiger partial charge in [0, 0.05) is 29.8 Å². The summed E-state index contributed by atoms with van der Waals surface area (Å²) in [5.41, 5.74) is -0.518. The molecule has 4 rings (SSSR count). The van der Waals surface area contributed by atoms with Gasteiger partial charge in [-0.05, 0) is 43.3 Å². The number of benzene rings is 2. The fourth-order valence-corrected chi connectivity index (χ4v) is 3.18. The Morgan fingerprint density at radius 1 is 1.00 bits per heavy atom. The van der Waals surface area contributed by atoms with Crippen LogP contribution in [-0.4, -0.2) is 34.9 Å². The monoisotopic (exact) mass is 423 g/mol. The molecule has 3 aromatic rings. The summed E-state index contributed by atoms with van der Waals surface area (Å²) in [4.78, 5) is 37.4. The number of carbonyl (C=O) groups excluding carboxylic acids is 1. The maximum atomic E-state index is 12.5. The van der Waals surface area contributed by atoms with Crippen LogP contribution in [0, 0.1) is 0 Å². The highest BCUT2D eigenvalue weighted by Crippen LogP contribution is 2.32. The van der Waals surface area contributed by atoms with Gasteiger partial charge < -0.3 is 19.5 Å². The largest absolute Gasteiger partial charge is 0.494 e. The third-order valence-electron chi connectivity index (χ3n) is 4.62. The first-order valence-electron chi connectivity index (χ1n) is 9.80. The van der Waals surface area contributed by atoms with Crippen molar-refractivity contribution in [2.45, 2.75) is 13.5 Å². The minimum absolute atomic E-state index is 0.299. The SMILES string of the molecule is CCOc1ccc(-n2ccn(CC(=O)Nc3ccc4c(c3)OCCO4)c(=O)c2=O)cc1. The molecule has 0 spiro atoms. The van der Waals surface area contributed by atoms with Crippen molar-refractivity contribution in [2.75, 3.05) is 25.1 Å². The first kappa shape index (κ1) is 20.3. The Balaban J connectivity index is 1.49. The Kier molecular flexibility index (Phi) is 5.74. The molecule has 0 atom stereocenters. The van der Waals surface area contributed by atoms with Crippen molar-refractivity contribution < 1.29 is 19.0 Å². The van der Waals surface area contributed by atoms with Crippen LogP contribution in [0.1, 0.15) is 6.92 Å². The summed E-state index contributed by atoms with van der Waals surface area (Å²) >= 11 is 0. The van der Waals surface area contributed by atoms with Gasteiger partial charge in [-0.3, -0.25) is 23.5 Å². The van der Waals surface area contributed by atoms with Crippen LogP contribution in [0.5, 0.6) is 17.2 Å². The fourth-order valence-electron chi connectivity index (χ4n) is 3.18. The predicted octanol–water partition coefficient (Wildman–Crippen LogP) is 1.81. The van der Waals surface area contributed by atoms with Crippen LogP contribution in [0.15, 0.2) is 64.4 Å². The van der Waals surface area contributed by atoms with Crippen molar-refractivity contribution >= 4 is 11.6 Å². The zero-order valence-corrected chi connectivity index (χ0v) is 16.9. The number of hydrogen-bond acceptors (Lipinski definition) is 6. The molecule has 1 amide bonds. The number of carbonyl (C=O) groups is 1. The number of ether oxygens (including phenoxy) is 3. The van der Waals surface area contributed by atoms with Gasteiger partial charge in [-0.2, -0.15) is 0 Å². The highest BCUT2D eigenvalue weighted by molar-refractivity contribution is 5.90. The van der Waals surface area contributed by atoms with E-state index in [2.05, 4.69) is 5.32 Å². The number of aromatic nitrogens is 2. The summed E-state index contributed by atoms with van der Waals surface area (Å²) in [5.74, 6) is 1.37. The minimum atomic E-state index is -0.797. The second-order valence-corrected chi connectivity index (χ2v) is 6.74. The third kappa shape index (κ3) is 4.45. The summed E-state index contributed by atoms with van der Waals surface area (Å²) < 4.78 is 18.6. The van der Waals surface area contributed by atoms with Gasteiger partial charge in [-0.25, -0.2) is 0 Å². The lowest BCUT2D eigenvalue weighted by molar-refractivity contribution is -0.116. The summed E-state index contributed by atoms with van der Waals surface area (Å²) in [5, 5.41) is 2.69. The molecule has 0 radical (unpaired) electrons. The Labute approximate surface area is 177 Å². The van der Waals surface area contributed by atoms with Gasteiger partial charge in [0.2, 0.25) is 5.91 Å². The molecule has 1 aliphatic rings. The normalized spacial score (nSPS) is 12.3. The number of hydrogen-bond donors (Lipinski definition) is 1. The second-order valence-electron chi connectivity index (χ2n) is 6.74. The molecule has 0 aliphatic carbocycles. The smallest absolute Gasteiger partial charge is 0.320 e. The third-order valence-corrected chi connectivity index (χ3v) is 4.62. The molecule has 0 saturated heterocycles. The van der Waals surface area contributed by atoms with Crippen molar-refractivity contribution in [1.29, 1.82) is 0 Å². The maximum absolute atomic E-state index is 12.5. The van der Waals surface area contributed by atoms with Crippen LogP contribution in [0.2, 0.25) is 0 Å².